The summed E-state index contributed by atoms with van der Waals surface area (Å²) in [6.07, 6.45) is -4.66. The van der Waals surface area contributed by atoms with Crippen LogP contribution < -0.4 is 4.90 Å². The molecule has 1 aromatic carbocycles. The quantitative estimate of drug-likeness (QED) is 0.668. The molecule has 0 aromatic heterocycles. The van der Waals surface area contributed by atoms with E-state index in [2.05, 4.69) is 15.9 Å². The standard InChI is InChI=1S/C12H11BrF5N/c13-8-2-3-10(9(6-8)12(16,17)18)19-5-1-4-11(14,15)7-19/h2-3,6H,1,4-5,7H2. The summed E-state index contributed by atoms with van der Waals surface area (Å²) in [5, 5.41) is 0. The van der Waals surface area contributed by atoms with Crippen molar-refractivity contribution in [3.05, 3.63) is 28.2 Å². The Kier molecular flexibility index (Phi) is 3.77. The van der Waals surface area contributed by atoms with Gasteiger partial charge in [0.25, 0.3) is 5.92 Å². The van der Waals surface area contributed by atoms with E-state index in [-0.39, 0.29) is 29.5 Å². The van der Waals surface area contributed by atoms with Gasteiger partial charge in [-0.05, 0) is 24.6 Å². The minimum atomic E-state index is -4.56. The molecular weight excluding hydrogens is 333 g/mol. The SMILES string of the molecule is FC1(F)CCCN(c2ccc(Br)cc2C(F)(F)F)C1. The van der Waals surface area contributed by atoms with Gasteiger partial charge in [-0.1, -0.05) is 15.9 Å². The van der Waals surface area contributed by atoms with Gasteiger partial charge in [0.2, 0.25) is 0 Å². The molecule has 0 bridgehead atoms. The molecule has 1 nitrogen and oxygen atoms in total. The van der Waals surface area contributed by atoms with Crippen LogP contribution in [-0.4, -0.2) is 19.0 Å². The molecule has 19 heavy (non-hydrogen) atoms. The molecule has 1 saturated heterocycles. The summed E-state index contributed by atoms with van der Waals surface area (Å²) in [6, 6.07) is 3.58. The minimum Gasteiger partial charge on any atom is -0.365 e. The molecular formula is C12H11BrF5N. The van der Waals surface area contributed by atoms with Gasteiger partial charge in [-0.2, -0.15) is 13.2 Å². The first-order valence-electron chi connectivity index (χ1n) is 5.69. The number of rotatable bonds is 1. The van der Waals surface area contributed by atoms with E-state index >= 15 is 0 Å². The summed E-state index contributed by atoms with van der Waals surface area (Å²) in [7, 11) is 0. The molecule has 0 aliphatic carbocycles. The fourth-order valence-corrected chi connectivity index (χ4v) is 2.54. The number of halogens is 6. The van der Waals surface area contributed by atoms with Gasteiger partial charge in [-0.3, -0.25) is 0 Å². The van der Waals surface area contributed by atoms with E-state index in [0.29, 0.717) is 0 Å². The van der Waals surface area contributed by atoms with Crippen LogP contribution in [0.25, 0.3) is 0 Å². The highest BCUT2D eigenvalue weighted by Gasteiger charge is 2.40. The van der Waals surface area contributed by atoms with E-state index in [1.165, 1.54) is 12.1 Å². The molecule has 0 N–H and O–H groups in total. The molecule has 0 atom stereocenters. The van der Waals surface area contributed by atoms with Crippen molar-refractivity contribution in [2.75, 3.05) is 18.0 Å². The third-order valence-electron chi connectivity index (χ3n) is 3.00. The third-order valence-corrected chi connectivity index (χ3v) is 3.49. The van der Waals surface area contributed by atoms with Crippen molar-refractivity contribution >= 4 is 21.6 Å². The highest BCUT2D eigenvalue weighted by Crippen LogP contribution is 2.40. The summed E-state index contributed by atoms with van der Waals surface area (Å²) in [4.78, 5) is 1.11. The lowest BCUT2D eigenvalue weighted by Crippen LogP contribution is -2.43. The van der Waals surface area contributed by atoms with Gasteiger partial charge in [0.15, 0.2) is 0 Å². The zero-order chi connectivity index (χ0) is 14.3. The lowest BCUT2D eigenvalue weighted by Gasteiger charge is -2.35. The first-order valence-corrected chi connectivity index (χ1v) is 6.48. The molecule has 0 unspecified atom stereocenters. The summed E-state index contributed by atoms with van der Waals surface area (Å²) < 4.78 is 65.7. The van der Waals surface area contributed by atoms with Crippen LogP contribution in [-0.2, 0) is 6.18 Å². The number of piperidine rings is 1. The van der Waals surface area contributed by atoms with Crippen LogP contribution in [0.4, 0.5) is 27.6 Å². The number of anilines is 1. The van der Waals surface area contributed by atoms with Gasteiger partial charge >= 0.3 is 6.18 Å². The van der Waals surface area contributed by atoms with E-state index in [1.807, 2.05) is 0 Å². The largest absolute Gasteiger partial charge is 0.418 e. The smallest absolute Gasteiger partial charge is 0.365 e. The highest BCUT2D eigenvalue weighted by molar-refractivity contribution is 9.10. The summed E-state index contributed by atoms with van der Waals surface area (Å²) >= 11 is 2.97. The van der Waals surface area contributed by atoms with Gasteiger partial charge in [-0.25, -0.2) is 8.78 Å². The molecule has 0 radical (unpaired) electrons. The lowest BCUT2D eigenvalue weighted by molar-refractivity contribution is -0.137. The van der Waals surface area contributed by atoms with Crippen molar-refractivity contribution in [2.24, 2.45) is 0 Å². The zero-order valence-electron chi connectivity index (χ0n) is 9.78. The number of benzene rings is 1. The second kappa shape index (κ2) is 4.92. The predicted molar refractivity (Wildman–Crippen MR) is 65.5 cm³/mol. The Hall–Kier alpha value is -0.850. The molecule has 0 saturated carbocycles. The van der Waals surface area contributed by atoms with E-state index in [0.717, 1.165) is 11.0 Å². The molecule has 1 heterocycles. The number of hydrogen-bond acceptors (Lipinski definition) is 1. The second-order valence-electron chi connectivity index (χ2n) is 4.54. The zero-order valence-corrected chi connectivity index (χ0v) is 11.4. The molecule has 1 aromatic rings. The Morgan fingerprint density at radius 1 is 1.21 bits per heavy atom. The average molecular weight is 344 g/mol. The number of nitrogens with zero attached hydrogens (tertiary/aromatic N) is 1. The summed E-state index contributed by atoms with van der Waals surface area (Å²) in [6.45, 7) is -0.460. The predicted octanol–water partition coefficient (Wildman–Crippen LogP) is 4.70. The maximum absolute atomic E-state index is 13.3. The normalized spacial score (nSPS) is 19.6. The minimum absolute atomic E-state index is 0.181. The van der Waals surface area contributed by atoms with Crippen LogP contribution in [0.2, 0.25) is 0 Å². The topological polar surface area (TPSA) is 3.24 Å². The number of hydrogen-bond donors (Lipinski definition) is 0. The van der Waals surface area contributed by atoms with E-state index in [9.17, 15) is 22.0 Å². The first-order chi connectivity index (χ1) is 8.69. The molecule has 106 valence electrons. The molecule has 2 rings (SSSR count). The van der Waals surface area contributed by atoms with Gasteiger partial charge in [-0.15, -0.1) is 0 Å². The van der Waals surface area contributed by atoms with Gasteiger partial charge in [0, 0.05) is 23.1 Å². The average Bonchev–Trinajstić information content (AvgIpc) is 2.26. The fourth-order valence-electron chi connectivity index (χ4n) is 2.18. The maximum atomic E-state index is 13.3. The van der Waals surface area contributed by atoms with Crippen molar-refractivity contribution in [3.8, 4) is 0 Å². The van der Waals surface area contributed by atoms with Crippen LogP contribution in [0.15, 0.2) is 22.7 Å². The van der Waals surface area contributed by atoms with Gasteiger partial charge < -0.3 is 4.90 Å². The second-order valence-corrected chi connectivity index (χ2v) is 5.46. The molecule has 0 spiro atoms. The summed E-state index contributed by atoms with van der Waals surface area (Å²) in [5.74, 6) is -2.94. The Morgan fingerprint density at radius 2 is 1.89 bits per heavy atom. The highest BCUT2D eigenvalue weighted by atomic mass is 79.9. The Morgan fingerprint density at radius 3 is 2.47 bits per heavy atom. The van der Waals surface area contributed by atoms with Gasteiger partial charge in [0.05, 0.1) is 12.1 Å². The molecule has 1 aliphatic heterocycles. The monoisotopic (exact) mass is 343 g/mol. The lowest BCUT2D eigenvalue weighted by atomic mass is 10.0. The van der Waals surface area contributed by atoms with E-state index < -0.39 is 24.2 Å². The van der Waals surface area contributed by atoms with Crippen molar-refractivity contribution in [1.82, 2.24) is 0 Å². The Balaban J connectivity index is 2.39. The van der Waals surface area contributed by atoms with Crippen LogP contribution >= 0.6 is 15.9 Å². The molecule has 0 amide bonds. The van der Waals surface area contributed by atoms with Crippen LogP contribution in [0.3, 0.4) is 0 Å². The van der Waals surface area contributed by atoms with Crippen molar-refractivity contribution in [1.29, 1.82) is 0 Å². The Bertz CT molecular complexity index is 472. The van der Waals surface area contributed by atoms with Crippen LogP contribution in [0.1, 0.15) is 18.4 Å². The summed E-state index contributed by atoms with van der Waals surface area (Å²) in [5.41, 5.74) is -1.07. The molecule has 1 fully saturated rings. The molecule has 1 aliphatic rings. The van der Waals surface area contributed by atoms with Crippen molar-refractivity contribution < 1.29 is 22.0 Å². The van der Waals surface area contributed by atoms with Crippen LogP contribution in [0.5, 0.6) is 0 Å². The first kappa shape index (κ1) is 14.6. The number of alkyl halides is 5. The fraction of sp³-hybridized carbons (Fsp3) is 0.500. The van der Waals surface area contributed by atoms with Crippen LogP contribution in [0, 0.1) is 0 Å². The maximum Gasteiger partial charge on any atom is 0.418 e. The molecule has 7 heteroatoms. The van der Waals surface area contributed by atoms with E-state index in [4.69, 9.17) is 0 Å². The van der Waals surface area contributed by atoms with Crippen molar-refractivity contribution in [2.45, 2.75) is 24.9 Å². The van der Waals surface area contributed by atoms with Crippen molar-refractivity contribution in [3.63, 3.8) is 0 Å². The van der Waals surface area contributed by atoms with E-state index in [1.54, 1.807) is 0 Å². The third kappa shape index (κ3) is 3.38. The van der Waals surface area contributed by atoms with Gasteiger partial charge in [0.1, 0.15) is 0 Å². The Labute approximate surface area is 115 Å².